The number of aliphatic carboxylic acids is 1. The van der Waals surface area contributed by atoms with E-state index in [4.69, 9.17) is 30.5 Å². The van der Waals surface area contributed by atoms with Gasteiger partial charge in [-0.3, -0.25) is 15.1 Å². The summed E-state index contributed by atoms with van der Waals surface area (Å²) in [7, 11) is 0. The first-order valence-electron chi connectivity index (χ1n) is 11.2. The van der Waals surface area contributed by atoms with Crippen LogP contribution >= 0.6 is 0 Å². The number of nitrogens with two attached hydrogens (primary N) is 1. The average molecular weight is 454 g/mol. The molecule has 0 aromatic heterocycles. The van der Waals surface area contributed by atoms with Crippen molar-refractivity contribution in [2.45, 2.75) is 51.0 Å². The Balaban J connectivity index is 0.000000709. The zero-order valence-electron chi connectivity index (χ0n) is 18.8. The second-order valence-electron chi connectivity index (χ2n) is 8.31. The van der Waals surface area contributed by atoms with Crippen LogP contribution in [0.25, 0.3) is 0 Å². The number of nitrogens with zero attached hydrogens (tertiary/aromatic N) is 1. The fourth-order valence-corrected chi connectivity index (χ4v) is 4.10. The van der Waals surface area contributed by atoms with Crippen LogP contribution in [-0.4, -0.2) is 42.3 Å². The third kappa shape index (κ3) is 6.97. The third-order valence-electron chi connectivity index (χ3n) is 5.76. The van der Waals surface area contributed by atoms with E-state index < -0.39 is 5.97 Å². The summed E-state index contributed by atoms with van der Waals surface area (Å²) in [5, 5.41) is 14.9. The molecule has 2 aromatic rings. The minimum atomic E-state index is -0.833. The molecular weight excluding hydrogens is 422 g/mol. The molecule has 1 amide bonds. The third-order valence-corrected chi connectivity index (χ3v) is 5.76. The molecule has 1 heterocycles. The number of rotatable bonds is 6. The lowest BCUT2D eigenvalue weighted by atomic mass is 9.84. The SMILES string of the molecule is CC(=O)O.N=C(N)c1ccc(N2CC(COc3ccc(C4CCCCC4)cc3)OC2=O)cc1. The van der Waals surface area contributed by atoms with Crippen LogP contribution in [-0.2, 0) is 9.53 Å². The van der Waals surface area contributed by atoms with E-state index in [1.165, 1.54) is 37.7 Å². The first-order valence-corrected chi connectivity index (χ1v) is 11.2. The molecule has 2 aromatic carbocycles. The van der Waals surface area contributed by atoms with E-state index in [1.54, 1.807) is 29.2 Å². The number of cyclic esters (lactones) is 1. The van der Waals surface area contributed by atoms with Crippen LogP contribution in [0.4, 0.5) is 10.5 Å². The molecule has 1 aliphatic carbocycles. The van der Waals surface area contributed by atoms with Gasteiger partial charge in [0.15, 0.2) is 6.10 Å². The molecule has 2 aliphatic rings. The molecule has 0 radical (unpaired) electrons. The highest BCUT2D eigenvalue weighted by Gasteiger charge is 2.32. The summed E-state index contributed by atoms with van der Waals surface area (Å²) in [4.78, 5) is 22.8. The van der Waals surface area contributed by atoms with Crippen LogP contribution in [0, 0.1) is 5.41 Å². The quantitative estimate of drug-likeness (QED) is 0.436. The second-order valence-corrected chi connectivity index (χ2v) is 8.31. The Labute approximate surface area is 193 Å². The normalized spacial score (nSPS) is 18.2. The van der Waals surface area contributed by atoms with Crippen LogP contribution in [0.15, 0.2) is 48.5 Å². The van der Waals surface area contributed by atoms with Crippen molar-refractivity contribution in [2.24, 2.45) is 5.73 Å². The average Bonchev–Trinajstić information content (AvgIpc) is 3.19. The van der Waals surface area contributed by atoms with Gasteiger partial charge in [0.25, 0.3) is 5.97 Å². The molecule has 1 saturated carbocycles. The molecule has 1 unspecified atom stereocenters. The van der Waals surface area contributed by atoms with Crippen molar-refractivity contribution in [3.63, 3.8) is 0 Å². The van der Waals surface area contributed by atoms with Crippen LogP contribution in [0.1, 0.15) is 56.1 Å². The molecule has 0 bridgehead atoms. The van der Waals surface area contributed by atoms with E-state index in [1.807, 2.05) is 12.1 Å². The highest BCUT2D eigenvalue weighted by molar-refractivity contribution is 5.96. The van der Waals surface area contributed by atoms with Crippen molar-refractivity contribution >= 4 is 23.6 Å². The van der Waals surface area contributed by atoms with Crippen molar-refractivity contribution in [2.75, 3.05) is 18.1 Å². The summed E-state index contributed by atoms with van der Waals surface area (Å²) in [6, 6.07) is 15.3. The van der Waals surface area contributed by atoms with Gasteiger partial charge in [0.05, 0.1) is 6.54 Å². The van der Waals surface area contributed by atoms with Gasteiger partial charge in [0.1, 0.15) is 18.2 Å². The number of carboxylic acids is 1. The van der Waals surface area contributed by atoms with Crippen LogP contribution in [0.5, 0.6) is 5.75 Å². The lowest BCUT2D eigenvalue weighted by Crippen LogP contribution is -2.26. The molecule has 2 fully saturated rings. The first-order chi connectivity index (χ1) is 15.8. The number of hydrogen-bond acceptors (Lipinski definition) is 5. The predicted molar refractivity (Wildman–Crippen MR) is 126 cm³/mol. The number of benzene rings is 2. The number of nitrogen functional groups attached to an aromatic ring is 1. The summed E-state index contributed by atoms with van der Waals surface area (Å²) < 4.78 is 11.3. The van der Waals surface area contributed by atoms with E-state index in [0.29, 0.717) is 24.6 Å². The van der Waals surface area contributed by atoms with Crippen molar-refractivity contribution in [1.82, 2.24) is 0 Å². The Kier molecular flexibility index (Phi) is 8.29. The van der Waals surface area contributed by atoms with Gasteiger partial charge in [0.2, 0.25) is 0 Å². The minimum Gasteiger partial charge on any atom is -0.490 e. The van der Waals surface area contributed by atoms with Gasteiger partial charge < -0.3 is 20.3 Å². The zero-order valence-corrected chi connectivity index (χ0v) is 18.8. The highest BCUT2D eigenvalue weighted by atomic mass is 16.6. The lowest BCUT2D eigenvalue weighted by Gasteiger charge is -2.22. The number of ether oxygens (including phenoxy) is 2. The zero-order chi connectivity index (χ0) is 23.8. The van der Waals surface area contributed by atoms with E-state index in [-0.39, 0.29) is 18.0 Å². The molecule has 1 atom stereocenters. The number of hydrogen-bond donors (Lipinski definition) is 3. The Hall–Kier alpha value is -3.55. The summed E-state index contributed by atoms with van der Waals surface area (Å²) in [5.74, 6) is 0.641. The van der Waals surface area contributed by atoms with Crippen LogP contribution in [0.3, 0.4) is 0 Å². The van der Waals surface area contributed by atoms with E-state index in [0.717, 1.165) is 18.4 Å². The molecule has 0 spiro atoms. The van der Waals surface area contributed by atoms with Crippen LogP contribution < -0.4 is 15.4 Å². The number of anilines is 1. The van der Waals surface area contributed by atoms with Gasteiger partial charge in [0, 0.05) is 18.2 Å². The van der Waals surface area contributed by atoms with Crippen molar-refractivity contribution in [3.8, 4) is 5.75 Å². The van der Waals surface area contributed by atoms with Crippen LogP contribution in [0.2, 0.25) is 0 Å². The molecule has 176 valence electrons. The monoisotopic (exact) mass is 453 g/mol. The topological polar surface area (TPSA) is 126 Å². The first kappa shape index (κ1) is 24.1. The second kappa shape index (κ2) is 11.4. The minimum absolute atomic E-state index is 0.00123. The maximum Gasteiger partial charge on any atom is 0.414 e. The van der Waals surface area contributed by atoms with Gasteiger partial charge in [-0.2, -0.15) is 0 Å². The predicted octanol–water partition coefficient (Wildman–Crippen LogP) is 4.51. The van der Waals surface area contributed by atoms with E-state index in [9.17, 15) is 4.79 Å². The Morgan fingerprint density at radius 3 is 2.30 bits per heavy atom. The largest absolute Gasteiger partial charge is 0.490 e. The van der Waals surface area contributed by atoms with Gasteiger partial charge in [-0.15, -0.1) is 0 Å². The van der Waals surface area contributed by atoms with Gasteiger partial charge >= 0.3 is 6.09 Å². The smallest absolute Gasteiger partial charge is 0.414 e. The molecule has 8 heteroatoms. The number of nitrogens with one attached hydrogen (secondary N) is 1. The van der Waals surface area contributed by atoms with Gasteiger partial charge in [-0.25, -0.2) is 4.79 Å². The van der Waals surface area contributed by atoms with E-state index >= 15 is 0 Å². The number of amides is 1. The number of carbonyl (C=O) groups is 2. The summed E-state index contributed by atoms with van der Waals surface area (Å²) in [6.07, 6.45) is 5.85. The van der Waals surface area contributed by atoms with Gasteiger partial charge in [-0.05, 0) is 60.7 Å². The summed E-state index contributed by atoms with van der Waals surface area (Å²) >= 11 is 0. The van der Waals surface area contributed by atoms with Gasteiger partial charge in [-0.1, -0.05) is 31.4 Å². The standard InChI is InChI=1S/C23H27N3O3.C2H4O2/c24-22(25)18-6-10-19(11-7-18)26-14-21(29-23(26)27)15-28-20-12-8-17(9-13-20)16-4-2-1-3-5-16;1-2(3)4/h6-13,16,21H,1-5,14-15H2,(H3,24,25);1H3,(H,3,4). The number of carboxylic acid groups (broad SMARTS) is 1. The maximum atomic E-state index is 12.2. The molecule has 33 heavy (non-hydrogen) atoms. The summed E-state index contributed by atoms with van der Waals surface area (Å²) in [6.45, 7) is 1.83. The fourth-order valence-electron chi connectivity index (χ4n) is 4.10. The van der Waals surface area contributed by atoms with Crippen molar-refractivity contribution in [3.05, 3.63) is 59.7 Å². The lowest BCUT2D eigenvalue weighted by molar-refractivity contribution is -0.134. The number of carbonyl (C=O) groups excluding carboxylic acids is 1. The van der Waals surface area contributed by atoms with Crippen molar-refractivity contribution < 1.29 is 24.2 Å². The number of amidine groups is 1. The maximum absolute atomic E-state index is 12.2. The molecule has 1 aliphatic heterocycles. The molecular formula is C25H31N3O5. The fraction of sp³-hybridized carbons (Fsp3) is 0.400. The summed E-state index contributed by atoms with van der Waals surface area (Å²) in [5.41, 5.74) is 8.21. The highest BCUT2D eigenvalue weighted by Crippen LogP contribution is 2.33. The molecule has 4 rings (SSSR count). The Morgan fingerprint density at radius 2 is 1.73 bits per heavy atom. The van der Waals surface area contributed by atoms with E-state index in [2.05, 4.69) is 12.1 Å². The Morgan fingerprint density at radius 1 is 1.12 bits per heavy atom. The van der Waals surface area contributed by atoms with Crippen molar-refractivity contribution in [1.29, 1.82) is 5.41 Å². The molecule has 8 nitrogen and oxygen atoms in total. The Bertz CT molecular complexity index is 949. The molecule has 4 N–H and O–H groups in total. The molecule has 1 saturated heterocycles.